The van der Waals surface area contributed by atoms with E-state index in [-0.39, 0.29) is 22.6 Å². The van der Waals surface area contributed by atoms with Gasteiger partial charge in [-0.05, 0) is 20.8 Å². The molecule has 2 unspecified atom stereocenters. The number of hydrogen-bond acceptors (Lipinski definition) is 12. The minimum absolute atomic E-state index is 0.0533. The van der Waals surface area contributed by atoms with Gasteiger partial charge in [-0.15, -0.1) is 0 Å². The summed E-state index contributed by atoms with van der Waals surface area (Å²) in [5.74, 6) is 0. The van der Waals surface area contributed by atoms with Gasteiger partial charge in [0.2, 0.25) is 0 Å². The van der Waals surface area contributed by atoms with E-state index in [1.165, 1.54) is 42.3 Å². The van der Waals surface area contributed by atoms with E-state index < -0.39 is 43.6 Å². The maximum absolute atomic E-state index is 11.7. The van der Waals surface area contributed by atoms with Crippen molar-refractivity contribution in [3.8, 4) is 0 Å². The van der Waals surface area contributed by atoms with E-state index in [1.54, 1.807) is 34.6 Å². The molecule has 0 bridgehead atoms. The largest absolute Gasteiger partial charge is 0.333 e. The molecule has 0 aromatic rings. The minimum atomic E-state index is -3.74. The zero-order valence-corrected chi connectivity index (χ0v) is 35.0. The van der Waals surface area contributed by atoms with Crippen molar-refractivity contribution in [2.45, 2.75) is 118 Å². The molecule has 0 rings (SSSR count). The van der Waals surface area contributed by atoms with Crippen molar-refractivity contribution in [2.24, 2.45) is 0 Å². The molecule has 0 fully saturated rings. The molecule has 45 heavy (non-hydrogen) atoms. The predicted molar refractivity (Wildman–Crippen MR) is 183 cm³/mol. The first-order valence-electron chi connectivity index (χ1n) is 14.5. The highest BCUT2D eigenvalue weighted by molar-refractivity contribution is 7.55. The summed E-state index contributed by atoms with van der Waals surface area (Å²) in [6, 6.07) is 0. The van der Waals surface area contributed by atoms with E-state index in [1.807, 2.05) is 41.5 Å². The summed E-state index contributed by atoms with van der Waals surface area (Å²) in [6.07, 6.45) is 0. The second-order valence-electron chi connectivity index (χ2n) is 10.2. The molecule has 0 heterocycles. The van der Waals surface area contributed by atoms with E-state index in [4.69, 9.17) is 32.8 Å². The van der Waals surface area contributed by atoms with Crippen LogP contribution in [0, 0.1) is 0 Å². The Balaban J connectivity index is -0.000000149. The van der Waals surface area contributed by atoms with Crippen molar-refractivity contribution >= 4 is 38.0 Å². The second-order valence-corrected chi connectivity index (χ2v) is 23.2. The third kappa shape index (κ3) is 27.3. The zero-order valence-electron chi connectivity index (χ0n) is 30.5. The van der Waals surface area contributed by atoms with Crippen LogP contribution in [0.2, 0.25) is 0 Å². The van der Waals surface area contributed by atoms with Crippen LogP contribution >= 0.6 is 38.0 Å². The Hall–Kier alpha value is 0.750. The lowest BCUT2D eigenvalue weighted by Crippen LogP contribution is -2.05. The Labute approximate surface area is 273 Å². The number of rotatable bonds is 15. The topological polar surface area (TPSA) is 211 Å². The van der Waals surface area contributed by atoms with Gasteiger partial charge in [0, 0.05) is 28.4 Å². The van der Waals surface area contributed by atoms with Crippen LogP contribution in [-0.4, -0.2) is 91.2 Å². The average Bonchev–Trinajstić information content (AvgIpc) is 2.93. The smallest absolute Gasteiger partial charge is 0.324 e. The first kappa shape index (κ1) is 55.2. The van der Waals surface area contributed by atoms with Gasteiger partial charge in [-0.25, -0.2) is 0 Å². The van der Waals surface area contributed by atoms with Gasteiger partial charge in [-0.1, -0.05) is 69.2 Å². The van der Waals surface area contributed by atoms with Crippen LogP contribution in [0.1, 0.15) is 90.0 Å². The lowest BCUT2D eigenvalue weighted by atomic mass is 10.6. The van der Waals surface area contributed by atoms with E-state index in [2.05, 4.69) is 13.6 Å². The van der Waals surface area contributed by atoms with Gasteiger partial charge in [-0.2, -0.15) is 0 Å². The highest BCUT2D eigenvalue weighted by Crippen LogP contribution is 2.53. The molecule has 0 aromatic carbocycles. The first-order valence-corrected chi connectivity index (χ1v) is 22.6. The van der Waals surface area contributed by atoms with Crippen LogP contribution in [0.15, 0.2) is 0 Å². The fraction of sp³-hybridized carbons (Fsp3) is 1.00. The van der Waals surface area contributed by atoms with Gasteiger partial charge in [0.25, 0.3) is 0 Å². The fourth-order valence-electron chi connectivity index (χ4n) is 1.99. The van der Waals surface area contributed by atoms with Crippen molar-refractivity contribution in [3.63, 3.8) is 0 Å². The quantitative estimate of drug-likeness (QED) is 0.133. The van der Waals surface area contributed by atoms with Crippen molar-refractivity contribution in [2.75, 3.05) is 48.3 Å². The Kier molecular flexibility index (Phi) is 33.8. The number of hydrogen-bond donors (Lipinski definition) is 3. The lowest BCUT2D eigenvalue weighted by Gasteiger charge is -2.19. The SMILES string of the molecule is CC(C)P(=O)(O)O.CCOP(=O)(OC)C(C)C.CCOP(=O)(OCC)C(C)C.COP(=O)(O)C(C)C.COP(=O)(OC)C(C)C. The highest BCUT2D eigenvalue weighted by atomic mass is 31.2. The molecule has 0 aliphatic heterocycles. The molecule has 280 valence electrons. The summed E-state index contributed by atoms with van der Waals surface area (Å²) in [7, 11) is -9.86. The van der Waals surface area contributed by atoms with Gasteiger partial charge < -0.3 is 46.3 Å². The normalized spacial score (nSPS) is 14.7. The molecule has 0 radical (unpaired) electrons. The molecule has 20 heteroatoms. The van der Waals surface area contributed by atoms with E-state index in [0.29, 0.717) is 19.8 Å². The Morgan fingerprint density at radius 1 is 0.422 bits per heavy atom. The predicted octanol–water partition coefficient (Wildman–Crippen LogP) is 8.61. The summed E-state index contributed by atoms with van der Waals surface area (Å²) in [5, 5.41) is 0. The molecule has 2 atom stereocenters. The highest BCUT2D eigenvalue weighted by Gasteiger charge is 2.28. The molecule has 15 nitrogen and oxygen atoms in total. The summed E-state index contributed by atoms with van der Waals surface area (Å²) in [5.41, 5.74) is -1.01. The minimum Gasteiger partial charge on any atom is -0.324 e. The van der Waals surface area contributed by atoms with Crippen molar-refractivity contribution < 1.29 is 69.2 Å². The Morgan fingerprint density at radius 3 is 0.733 bits per heavy atom. The molecule has 0 saturated carbocycles. The van der Waals surface area contributed by atoms with Crippen molar-refractivity contribution in [3.05, 3.63) is 0 Å². The zero-order chi connectivity index (χ0) is 37.5. The van der Waals surface area contributed by atoms with Crippen LogP contribution in [0.3, 0.4) is 0 Å². The third-order valence-electron chi connectivity index (χ3n) is 5.17. The Morgan fingerprint density at radius 2 is 0.667 bits per heavy atom. The lowest BCUT2D eigenvalue weighted by molar-refractivity contribution is 0.214. The maximum atomic E-state index is 11.7. The average molecular weight is 761 g/mol. The van der Waals surface area contributed by atoms with Crippen LogP contribution in [0.25, 0.3) is 0 Å². The molecule has 0 spiro atoms. The van der Waals surface area contributed by atoms with E-state index in [0.717, 1.165) is 0 Å². The molecule has 0 aromatic heterocycles. The van der Waals surface area contributed by atoms with E-state index >= 15 is 0 Å². The standard InChI is InChI=1S/C7H17O3P.C6H15O3P.C5H13O3P.C4H11O3P.C3H9O3P/c1-5-9-11(8,7(3)4)10-6-2;1-5-9-10(7,8-4)6(2)3;1-5(2)9(6,7-3)8-4;1-4(2)8(5,6)7-3;1-3(2)7(4,5)6/h7H,5-6H2,1-4H3;6H,5H2,1-4H3;5H,1-4H3;4H,1-3H3,(H,5,6);3H,1-2H3,(H2,4,5,6). The molecular formula is C25H65O15P5. The van der Waals surface area contributed by atoms with Crippen molar-refractivity contribution in [1.82, 2.24) is 0 Å². The fourth-order valence-corrected chi connectivity index (χ4v) is 5.98. The van der Waals surface area contributed by atoms with Gasteiger partial charge in [-0.3, -0.25) is 22.8 Å². The van der Waals surface area contributed by atoms with Crippen LogP contribution in [0.4, 0.5) is 0 Å². The van der Waals surface area contributed by atoms with Crippen LogP contribution in [-0.2, 0) is 54.5 Å². The molecule has 3 N–H and O–H groups in total. The summed E-state index contributed by atoms with van der Waals surface area (Å²) in [4.78, 5) is 25.1. The van der Waals surface area contributed by atoms with Crippen LogP contribution < -0.4 is 0 Å². The molecule has 0 saturated heterocycles. The molecule has 0 amide bonds. The van der Waals surface area contributed by atoms with Gasteiger partial charge in [0.05, 0.1) is 48.1 Å². The third-order valence-corrected chi connectivity index (χ3v) is 15.5. The second kappa shape index (κ2) is 27.6. The van der Waals surface area contributed by atoms with E-state index in [9.17, 15) is 22.8 Å². The summed E-state index contributed by atoms with van der Waals surface area (Å²) < 4.78 is 88.5. The van der Waals surface area contributed by atoms with Gasteiger partial charge in [0.15, 0.2) is 0 Å². The summed E-state index contributed by atoms with van der Waals surface area (Å²) in [6.45, 7) is 23.9. The molecular weight excluding hydrogens is 695 g/mol. The molecule has 0 aliphatic carbocycles. The van der Waals surface area contributed by atoms with Gasteiger partial charge >= 0.3 is 38.0 Å². The summed E-state index contributed by atoms with van der Waals surface area (Å²) >= 11 is 0. The van der Waals surface area contributed by atoms with Crippen LogP contribution in [0.5, 0.6) is 0 Å². The van der Waals surface area contributed by atoms with Crippen molar-refractivity contribution in [1.29, 1.82) is 0 Å². The molecule has 0 aliphatic rings. The Bertz CT molecular complexity index is 931. The van der Waals surface area contributed by atoms with Gasteiger partial charge in [0.1, 0.15) is 0 Å². The maximum Gasteiger partial charge on any atom is 0.333 e. The first-order chi connectivity index (χ1) is 20.1. The monoisotopic (exact) mass is 760 g/mol.